The van der Waals surface area contributed by atoms with Gasteiger partial charge in [-0.2, -0.15) is 0 Å². The summed E-state index contributed by atoms with van der Waals surface area (Å²) in [5, 5.41) is 2.49. The number of ether oxygens (including phenoxy) is 1. The molecule has 90 valence electrons. The predicted octanol–water partition coefficient (Wildman–Crippen LogP) is 3.26. The summed E-state index contributed by atoms with van der Waals surface area (Å²) in [7, 11) is 1.72. The molecule has 2 aromatic carbocycles. The molecule has 0 saturated carbocycles. The largest absolute Gasteiger partial charge is 0.382 e. The first-order valence-corrected chi connectivity index (χ1v) is 5.98. The van der Waals surface area contributed by atoms with Gasteiger partial charge in [0.1, 0.15) is 0 Å². The summed E-state index contributed by atoms with van der Waals surface area (Å²) in [6, 6.07) is 14.8. The summed E-state index contributed by atoms with van der Waals surface area (Å²) in [6.45, 7) is 2.04. The molecule has 0 heterocycles. The van der Waals surface area contributed by atoms with Gasteiger partial charge < -0.3 is 10.5 Å². The van der Waals surface area contributed by atoms with Crippen molar-refractivity contribution >= 4 is 10.8 Å². The fourth-order valence-corrected chi connectivity index (χ4v) is 2.03. The number of nitrogens with two attached hydrogens (primary N) is 1. The monoisotopic (exact) mass is 229 g/mol. The van der Waals surface area contributed by atoms with Gasteiger partial charge in [0.25, 0.3) is 0 Å². The highest BCUT2D eigenvalue weighted by Crippen LogP contribution is 2.22. The average Bonchev–Trinajstić information content (AvgIpc) is 2.38. The highest BCUT2D eigenvalue weighted by molar-refractivity contribution is 5.83. The lowest BCUT2D eigenvalue weighted by atomic mass is 9.99. The van der Waals surface area contributed by atoms with Crippen LogP contribution in [-0.4, -0.2) is 13.2 Å². The summed E-state index contributed by atoms with van der Waals surface area (Å²) in [6.07, 6.45) is 1.03. The molecule has 2 aromatic rings. The van der Waals surface area contributed by atoms with Gasteiger partial charge >= 0.3 is 0 Å². The Morgan fingerprint density at radius 3 is 2.53 bits per heavy atom. The second-order valence-electron chi connectivity index (χ2n) is 4.50. The molecular weight excluding hydrogens is 210 g/mol. The molecule has 0 aliphatic carbocycles. The number of methoxy groups -OCH3 is 1. The quantitative estimate of drug-likeness (QED) is 0.873. The summed E-state index contributed by atoms with van der Waals surface area (Å²) < 4.78 is 5.25. The Hall–Kier alpha value is -1.38. The molecule has 2 N–H and O–H groups in total. The molecule has 2 nitrogen and oxygen atoms in total. The lowest BCUT2D eigenvalue weighted by molar-refractivity contribution is 0.105. The Balaban J connectivity index is 2.23. The van der Waals surface area contributed by atoms with Crippen LogP contribution in [0.5, 0.6) is 0 Å². The van der Waals surface area contributed by atoms with Gasteiger partial charge in [0.05, 0.1) is 6.10 Å². The Kier molecular flexibility index (Phi) is 3.77. The lowest BCUT2D eigenvalue weighted by Crippen LogP contribution is -2.18. The molecule has 0 aromatic heterocycles. The second-order valence-corrected chi connectivity index (χ2v) is 4.50. The smallest absolute Gasteiger partial charge is 0.0561 e. The maximum Gasteiger partial charge on any atom is 0.0561 e. The van der Waals surface area contributed by atoms with E-state index >= 15 is 0 Å². The molecule has 0 aliphatic heterocycles. The van der Waals surface area contributed by atoms with Crippen LogP contribution in [0.2, 0.25) is 0 Å². The minimum Gasteiger partial charge on any atom is -0.382 e. The number of hydrogen-bond acceptors (Lipinski definition) is 2. The zero-order valence-corrected chi connectivity index (χ0v) is 10.4. The Labute approximate surface area is 102 Å². The van der Waals surface area contributed by atoms with E-state index < -0.39 is 0 Å². The fraction of sp³-hybridized carbons (Fsp3) is 0.333. The molecule has 0 saturated heterocycles. The van der Waals surface area contributed by atoms with Gasteiger partial charge in [0, 0.05) is 13.2 Å². The van der Waals surface area contributed by atoms with Crippen molar-refractivity contribution in [3.8, 4) is 0 Å². The maximum atomic E-state index is 6.18. The molecule has 0 radical (unpaired) electrons. The van der Waals surface area contributed by atoms with Gasteiger partial charge in [-0.1, -0.05) is 36.4 Å². The van der Waals surface area contributed by atoms with Crippen LogP contribution in [0.1, 0.15) is 24.9 Å². The Bertz CT molecular complexity index is 495. The van der Waals surface area contributed by atoms with Crippen molar-refractivity contribution in [3.63, 3.8) is 0 Å². The van der Waals surface area contributed by atoms with Crippen LogP contribution < -0.4 is 5.73 Å². The Morgan fingerprint density at radius 1 is 1.12 bits per heavy atom. The molecular formula is C15H19NO. The van der Waals surface area contributed by atoms with Crippen molar-refractivity contribution < 1.29 is 4.74 Å². The SMILES string of the molecule is COC(C)CC(N)c1ccc2ccccc2c1. The van der Waals surface area contributed by atoms with E-state index in [0.29, 0.717) is 0 Å². The molecule has 2 heteroatoms. The molecule has 0 spiro atoms. The highest BCUT2D eigenvalue weighted by Gasteiger charge is 2.10. The van der Waals surface area contributed by atoms with Gasteiger partial charge in [-0.3, -0.25) is 0 Å². The summed E-state index contributed by atoms with van der Waals surface area (Å²) in [4.78, 5) is 0. The van der Waals surface area contributed by atoms with E-state index in [0.717, 1.165) is 6.42 Å². The van der Waals surface area contributed by atoms with E-state index in [-0.39, 0.29) is 12.1 Å². The average molecular weight is 229 g/mol. The molecule has 0 amide bonds. The zero-order valence-electron chi connectivity index (χ0n) is 10.4. The third-order valence-electron chi connectivity index (χ3n) is 3.19. The lowest BCUT2D eigenvalue weighted by Gasteiger charge is -2.17. The van der Waals surface area contributed by atoms with Gasteiger partial charge in [-0.05, 0) is 35.7 Å². The molecule has 2 unspecified atom stereocenters. The van der Waals surface area contributed by atoms with E-state index in [1.165, 1.54) is 16.3 Å². The Morgan fingerprint density at radius 2 is 1.82 bits per heavy atom. The van der Waals surface area contributed by atoms with Crippen LogP contribution in [0.15, 0.2) is 42.5 Å². The van der Waals surface area contributed by atoms with Gasteiger partial charge in [-0.25, -0.2) is 0 Å². The first-order chi connectivity index (χ1) is 8.20. The summed E-state index contributed by atoms with van der Waals surface area (Å²) in [5.74, 6) is 0. The molecule has 2 rings (SSSR count). The van der Waals surface area contributed by atoms with E-state index in [1.807, 2.05) is 6.92 Å². The third kappa shape index (κ3) is 2.84. The van der Waals surface area contributed by atoms with Crippen LogP contribution in [0.25, 0.3) is 10.8 Å². The van der Waals surface area contributed by atoms with Crippen molar-refractivity contribution in [2.45, 2.75) is 25.5 Å². The topological polar surface area (TPSA) is 35.2 Å². The number of rotatable bonds is 4. The van der Waals surface area contributed by atoms with E-state index in [2.05, 4.69) is 42.5 Å². The summed E-state index contributed by atoms with van der Waals surface area (Å²) >= 11 is 0. The third-order valence-corrected chi connectivity index (χ3v) is 3.19. The molecule has 17 heavy (non-hydrogen) atoms. The van der Waals surface area contributed by atoms with Crippen LogP contribution in [0.4, 0.5) is 0 Å². The van der Waals surface area contributed by atoms with Crippen molar-refractivity contribution in [2.24, 2.45) is 5.73 Å². The first-order valence-electron chi connectivity index (χ1n) is 5.98. The molecule has 2 atom stereocenters. The standard InChI is InChI=1S/C15H19NO/c1-11(17-2)9-15(16)14-8-7-12-5-3-4-6-13(12)10-14/h3-8,10-11,15H,9,16H2,1-2H3. The molecule has 0 fully saturated rings. The van der Waals surface area contributed by atoms with Crippen molar-refractivity contribution in [1.82, 2.24) is 0 Å². The molecule has 0 bridgehead atoms. The van der Waals surface area contributed by atoms with E-state index in [4.69, 9.17) is 10.5 Å². The molecule has 0 aliphatic rings. The van der Waals surface area contributed by atoms with Crippen LogP contribution in [0, 0.1) is 0 Å². The maximum absolute atomic E-state index is 6.18. The van der Waals surface area contributed by atoms with E-state index in [1.54, 1.807) is 7.11 Å². The first kappa shape index (κ1) is 12.1. The van der Waals surface area contributed by atoms with Crippen molar-refractivity contribution in [2.75, 3.05) is 7.11 Å². The van der Waals surface area contributed by atoms with Gasteiger partial charge in [-0.15, -0.1) is 0 Å². The zero-order chi connectivity index (χ0) is 12.3. The van der Waals surface area contributed by atoms with Gasteiger partial charge in [0.15, 0.2) is 0 Å². The number of fused-ring (bicyclic) bond motifs is 1. The van der Waals surface area contributed by atoms with Crippen molar-refractivity contribution in [3.05, 3.63) is 48.0 Å². The highest BCUT2D eigenvalue weighted by atomic mass is 16.5. The fourth-order valence-electron chi connectivity index (χ4n) is 2.03. The van der Waals surface area contributed by atoms with Crippen LogP contribution >= 0.6 is 0 Å². The van der Waals surface area contributed by atoms with Crippen LogP contribution in [-0.2, 0) is 4.74 Å². The van der Waals surface area contributed by atoms with Crippen LogP contribution in [0.3, 0.4) is 0 Å². The summed E-state index contributed by atoms with van der Waals surface area (Å²) in [5.41, 5.74) is 7.36. The minimum absolute atomic E-state index is 0.0366. The number of benzene rings is 2. The normalized spacial score (nSPS) is 14.8. The van der Waals surface area contributed by atoms with Gasteiger partial charge in [0.2, 0.25) is 0 Å². The second kappa shape index (κ2) is 5.30. The predicted molar refractivity (Wildman–Crippen MR) is 72.0 cm³/mol. The number of hydrogen-bond donors (Lipinski definition) is 1. The van der Waals surface area contributed by atoms with Crippen molar-refractivity contribution in [1.29, 1.82) is 0 Å². The van der Waals surface area contributed by atoms with E-state index in [9.17, 15) is 0 Å². The minimum atomic E-state index is 0.0366.